The maximum absolute atomic E-state index is 13.9. The number of hydrogen-bond acceptors (Lipinski definition) is 5. The molecule has 1 N–H and O–H groups in total. The Morgan fingerprint density at radius 1 is 0.929 bits per heavy atom. The van der Waals surface area contributed by atoms with Crippen LogP contribution in [0.1, 0.15) is 44.7 Å². The fourth-order valence-corrected chi connectivity index (χ4v) is 5.51. The highest BCUT2D eigenvalue weighted by molar-refractivity contribution is 7.92. The normalized spacial score (nSPS) is 12.3. The van der Waals surface area contributed by atoms with Crippen molar-refractivity contribution in [1.82, 2.24) is 10.2 Å². The van der Waals surface area contributed by atoms with Crippen molar-refractivity contribution in [2.75, 3.05) is 24.2 Å². The molecule has 0 fully saturated rings. The molecule has 1 atom stereocenters. The van der Waals surface area contributed by atoms with Gasteiger partial charge in [0.15, 0.2) is 0 Å². The molecule has 0 aliphatic heterocycles. The van der Waals surface area contributed by atoms with Gasteiger partial charge in [0.05, 0.1) is 19.1 Å². The van der Waals surface area contributed by atoms with Crippen LogP contribution in [0.15, 0.2) is 78.9 Å². The molecular weight excluding hydrogens is 557 g/mol. The van der Waals surface area contributed by atoms with E-state index in [-0.39, 0.29) is 44.2 Å². The predicted molar refractivity (Wildman–Crippen MR) is 163 cm³/mol. The van der Waals surface area contributed by atoms with Crippen molar-refractivity contribution >= 4 is 27.5 Å². The van der Waals surface area contributed by atoms with Gasteiger partial charge in [-0.15, -0.1) is 0 Å². The van der Waals surface area contributed by atoms with Crippen LogP contribution in [0.5, 0.6) is 5.75 Å². The van der Waals surface area contributed by atoms with E-state index >= 15 is 0 Å². The van der Waals surface area contributed by atoms with Gasteiger partial charge in [-0.3, -0.25) is 13.9 Å². The number of rotatable bonds is 13. The van der Waals surface area contributed by atoms with Crippen LogP contribution in [0.25, 0.3) is 0 Å². The Kier molecular flexibility index (Phi) is 11.1. The molecule has 0 aromatic heterocycles. The van der Waals surface area contributed by atoms with Gasteiger partial charge >= 0.3 is 0 Å². The molecule has 3 aromatic rings. The number of nitrogens with zero attached hydrogens (tertiary/aromatic N) is 2. The Morgan fingerprint density at radius 3 is 2.10 bits per heavy atom. The Bertz CT molecular complexity index is 1420. The molecule has 0 bridgehead atoms. The lowest BCUT2D eigenvalue weighted by Crippen LogP contribution is -2.54. The van der Waals surface area contributed by atoms with Crippen molar-refractivity contribution in [3.63, 3.8) is 0 Å². The number of sulfonamides is 1. The van der Waals surface area contributed by atoms with E-state index in [0.717, 1.165) is 11.8 Å². The zero-order valence-electron chi connectivity index (χ0n) is 24.8. The number of ether oxygens (including phenoxy) is 1. The monoisotopic (exact) mass is 597 g/mol. The lowest BCUT2D eigenvalue weighted by atomic mass is 10.00. The largest absolute Gasteiger partial charge is 0.497 e. The maximum atomic E-state index is 13.9. The molecule has 0 radical (unpaired) electrons. The number of nitrogens with one attached hydrogen (secondary N) is 1. The Labute approximate surface area is 248 Å². The highest BCUT2D eigenvalue weighted by atomic mass is 32.2. The second-order valence-corrected chi connectivity index (χ2v) is 13.1. The van der Waals surface area contributed by atoms with Crippen LogP contribution in [0.3, 0.4) is 0 Å². The van der Waals surface area contributed by atoms with Gasteiger partial charge in [0.25, 0.3) is 0 Å². The van der Waals surface area contributed by atoms with E-state index in [9.17, 15) is 22.4 Å². The fraction of sp³-hybridized carbons (Fsp3) is 0.375. The molecule has 0 aliphatic carbocycles. The summed E-state index contributed by atoms with van der Waals surface area (Å²) in [4.78, 5) is 29.0. The average molecular weight is 598 g/mol. The molecule has 2 amide bonds. The number of carbonyl (C=O) groups is 2. The first kappa shape index (κ1) is 32.6. The molecule has 8 nitrogen and oxygen atoms in total. The minimum absolute atomic E-state index is 0.00252. The molecule has 42 heavy (non-hydrogen) atoms. The molecule has 3 rings (SSSR count). The van der Waals surface area contributed by atoms with Gasteiger partial charge in [0, 0.05) is 31.5 Å². The van der Waals surface area contributed by atoms with E-state index in [1.807, 2.05) is 51.1 Å². The van der Waals surface area contributed by atoms with Crippen LogP contribution >= 0.6 is 0 Å². The third kappa shape index (κ3) is 9.87. The van der Waals surface area contributed by atoms with Crippen molar-refractivity contribution in [2.24, 2.45) is 0 Å². The maximum Gasteiger partial charge on any atom is 0.243 e. The van der Waals surface area contributed by atoms with Crippen LogP contribution in [-0.4, -0.2) is 56.6 Å². The number of halogens is 1. The second kappa shape index (κ2) is 14.3. The highest BCUT2D eigenvalue weighted by Crippen LogP contribution is 2.23. The smallest absolute Gasteiger partial charge is 0.243 e. The zero-order chi connectivity index (χ0) is 30.9. The quantitative estimate of drug-likeness (QED) is 0.301. The summed E-state index contributed by atoms with van der Waals surface area (Å²) in [5.74, 6) is -0.426. The second-order valence-electron chi connectivity index (χ2n) is 11.2. The van der Waals surface area contributed by atoms with E-state index in [4.69, 9.17) is 4.74 Å². The number of carbonyl (C=O) groups excluding carboxylic acids is 2. The fourth-order valence-electron chi connectivity index (χ4n) is 4.55. The molecule has 10 heteroatoms. The predicted octanol–water partition coefficient (Wildman–Crippen LogP) is 4.94. The van der Waals surface area contributed by atoms with Crippen molar-refractivity contribution in [2.45, 2.75) is 58.2 Å². The van der Waals surface area contributed by atoms with Gasteiger partial charge < -0.3 is 15.0 Å². The Balaban J connectivity index is 1.88. The third-order valence-electron chi connectivity index (χ3n) is 6.55. The standard InChI is InChI=1S/C32H40FN3O5S/c1-32(2,3)34-31(38)29(22-24-10-7-6-8-11-24)35(23-25-13-15-26(33)16-14-25)30(37)12-9-21-36(42(5,39)40)27-17-19-28(41-4)20-18-27/h6-8,10-11,13-20,29H,9,12,21-23H2,1-5H3,(H,34,38)/t29-/m1/s1. The molecule has 0 unspecified atom stereocenters. The molecule has 0 saturated heterocycles. The van der Waals surface area contributed by atoms with Crippen molar-refractivity contribution < 1.29 is 27.1 Å². The molecule has 0 aliphatic rings. The first-order valence-corrected chi connectivity index (χ1v) is 15.6. The average Bonchev–Trinajstić information content (AvgIpc) is 2.93. The summed E-state index contributed by atoms with van der Waals surface area (Å²) in [5, 5.41) is 3.00. The van der Waals surface area contributed by atoms with Gasteiger partial charge in [-0.2, -0.15) is 0 Å². The van der Waals surface area contributed by atoms with Gasteiger partial charge in [0.1, 0.15) is 17.6 Å². The van der Waals surface area contributed by atoms with Crippen molar-refractivity contribution in [1.29, 1.82) is 0 Å². The number of hydrogen-bond donors (Lipinski definition) is 1. The van der Waals surface area contributed by atoms with Gasteiger partial charge in [-0.1, -0.05) is 42.5 Å². The highest BCUT2D eigenvalue weighted by Gasteiger charge is 2.32. The van der Waals surface area contributed by atoms with Crippen LogP contribution in [0, 0.1) is 5.82 Å². The Morgan fingerprint density at radius 2 is 1.55 bits per heavy atom. The van der Waals surface area contributed by atoms with Gasteiger partial charge in [-0.25, -0.2) is 12.8 Å². The summed E-state index contributed by atoms with van der Waals surface area (Å²) in [7, 11) is -2.10. The van der Waals surface area contributed by atoms with E-state index < -0.39 is 27.4 Å². The molecule has 0 saturated carbocycles. The number of amides is 2. The topological polar surface area (TPSA) is 96.0 Å². The van der Waals surface area contributed by atoms with Crippen molar-refractivity contribution in [3.05, 3.63) is 95.8 Å². The summed E-state index contributed by atoms with van der Waals surface area (Å²) < 4.78 is 45.3. The molecule has 226 valence electrons. The van der Waals surface area contributed by atoms with Crippen LogP contribution in [0.4, 0.5) is 10.1 Å². The molecular formula is C32H40FN3O5S. The summed E-state index contributed by atoms with van der Waals surface area (Å²) in [6.07, 6.45) is 1.61. The first-order valence-electron chi connectivity index (χ1n) is 13.8. The third-order valence-corrected chi connectivity index (χ3v) is 7.74. The van der Waals surface area contributed by atoms with Crippen LogP contribution in [0.2, 0.25) is 0 Å². The molecule has 3 aromatic carbocycles. The van der Waals surface area contributed by atoms with E-state index in [2.05, 4.69) is 5.32 Å². The van der Waals surface area contributed by atoms with E-state index in [1.54, 1.807) is 36.4 Å². The summed E-state index contributed by atoms with van der Waals surface area (Å²) in [5.41, 5.74) is 1.47. The number of benzene rings is 3. The zero-order valence-corrected chi connectivity index (χ0v) is 25.7. The SMILES string of the molecule is COc1ccc(N(CCCC(=O)N(Cc2ccc(F)cc2)[C@H](Cc2ccccc2)C(=O)NC(C)(C)C)S(C)(=O)=O)cc1. The lowest BCUT2D eigenvalue weighted by molar-refractivity contribution is -0.142. The summed E-state index contributed by atoms with van der Waals surface area (Å²) in [6, 6.07) is 21.0. The van der Waals surface area contributed by atoms with Crippen LogP contribution in [-0.2, 0) is 32.6 Å². The molecule has 0 spiro atoms. The van der Waals surface area contributed by atoms with Crippen molar-refractivity contribution in [3.8, 4) is 5.75 Å². The molecule has 0 heterocycles. The number of anilines is 1. The minimum Gasteiger partial charge on any atom is -0.497 e. The number of methoxy groups -OCH3 is 1. The van der Waals surface area contributed by atoms with Crippen LogP contribution < -0.4 is 14.4 Å². The lowest BCUT2D eigenvalue weighted by Gasteiger charge is -2.34. The van der Waals surface area contributed by atoms with Gasteiger partial charge in [-0.05, 0) is 74.7 Å². The van der Waals surface area contributed by atoms with Gasteiger partial charge in [0.2, 0.25) is 21.8 Å². The summed E-state index contributed by atoms with van der Waals surface area (Å²) >= 11 is 0. The minimum atomic E-state index is -3.63. The first-order chi connectivity index (χ1) is 19.8. The summed E-state index contributed by atoms with van der Waals surface area (Å²) in [6.45, 7) is 5.77. The van der Waals surface area contributed by atoms with E-state index in [0.29, 0.717) is 17.0 Å². The van der Waals surface area contributed by atoms with E-state index in [1.165, 1.54) is 28.4 Å². The Hall–Kier alpha value is -3.92.